The van der Waals surface area contributed by atoms with Crippen LogP contribution in [0.2, 0.25) is 0 Å². The summed E-state index contributed by atoms with van der Waals surface area (Å²) in [6.07, 6.45) is 5.11. The van der Waals surface area contributed by atoms with Crippen LogP contribution >= 0.6 is 0 Å². The summed E-state index contributed by atoms with van der Waals surface area (Å²) in [6, 6.07) is 1.58. The van der Waals surface area contributed by atoms with E-state index < -0.39 is 5.97 Å². The Morgan fingerprint density at radius 1 is 1.22 bits per heavy atom. The summed E-state index contributed by atoms with van der Waals surface area (Å²) in [5.41, 5.74) is 0.376. The first-order valence-corrected chi connectivity index (χ1v) is 8.30. The number of hydrogen-bond donors (Lipinski definition) is 1. The molecule has 3 heterocycles. The molecule has 0 bridgehead atoms. The lowest BCUT2D eigenvalue weighted by atomic mass is 9.85. The van der Waals surface area contributed by atoms with Crippen LogP contribution in [0, 0.1) is 12.8 Å². The van der Waals surface area contributed by atoms with Gasteiger partial charge in [0.05, 0.1) is 5.56 Å². The van der Waals surface area contributed by atoms with Gasteiger partial charge in [0.15, 0.2) is 0 Å². The van der Waals surface area contributed by atoms with E-state index in [4.69, 9.17) is 14.3 Å². The molecule has 2 saturated heterocycles. The summed E-state index contributed by atoms with van der Waals surface area (Å²) >= 11 is 0. The molecule has 3 rings (SSSR count). The maximum absolute atomic E-state index is 13.0. The number of furan rings is 1. The fourth-order valence-electron chi connectivity index (χ4n) is 3.75. The topological polar surface area (TPSA) is 80.0 Å². The monoisotopic (exact) mass is 321 g/mol. The van der Waals surface area contributed by atoms with Crippen molar-refractivity contribution in [1.82, 2.24) is 4.90 Å². The maximum atomic E-state index is 13.0. The highest BCUT2D eigenvalue weighted by Gasteiger charge is 2.35. The predicted octanol–water partition coefficient (Wildman–Crippen LogP) is 2.71. The van der Waals surface area contributed by atoms with E-state index in [0.29, 0.717) is 17.2 Å². The van der Waals surface area contributed by atoms with E-state index in [2.05, 4.69) is 0 Å². The largest absolute Gasteiger partial charge is 0.475 e. The first-order chi connectivity index (χ1) is 11.1. The van der Waals surface area contributed by atoms with Gasteiger partial charge in [-0.1, -0.05) is 0 Å². The summed E-state index contributed by atoms with van der Waals surface area (Å²) in [5.74, 6) is -0.574. The van der Waals surface area contributed by atoms with E-state index >= 15 is 0 Å². The molecule has 1 N–H and O–H groups in total. The minimum Gasteiger partial charge on any atom is -0.475 e. The Labute approximate surface area is 135 Å². The van der Waals surface area contributed by atoms with Gasteiger partial charge in [-0.2, -0.15) is 0 Å². The van der Waals surface area contributed by atoms with Crippen LogP contribution in [0.3, 0.4) is 0 Å². The van der Waals surface area contributed by atoms with E-state index in [-0.39, 0.29) is 17.7 Å². The smallest absolute Gasteiger partial charge is 0.371 e. The highest BCUT2D eigenvalue weighted by Crippen LogP contribution is 2.31. The lowest BCUT2D eigenvalue weighted by Crippen LogP contribution is -2.48. The highest BCUT2D eigenvalue weighted by molar-refractivity contribution is 5.98. The van der Waals surface area contributed by atoms with Crippen molar-refractivity contribution >= 4 is 11.9 Å². The standard InChI is InChI=1S/C17H23NO5/c1-11-13(10-15(23-11)17(20)21)16(19)18-7-3-2-4-14(18)12-5-8-22-9-6-12/h10,12,14H,2-9H2,1H3,(H,20,21). The number of amides is 1. The first kappa shape index (κ1) is 16.1. The molecular formula is C17H23NO5. The Morgan fingerprint density at radius 3 is 2.61 bits per heavy atom. The van der Waals surface area contributed by atoms with Gasteiger partial charge in [-0.15, -0.1) is 0 Å². The third kappa shape index (κ3) is 3.27. The van der Waals surface area contributed by atoms with Gasteiger partial charge < -0.3 is 19.2 Å². The number of carboxylic acid groups (broad SMARTS) is 1. The van der Waals surface area contributed by atoms with Gasteiger partial charge in [-0.3, -0.25) is 4.79 Å². The molecule has 6 nitrogen and oxygen atoms in total. The molecule has 23 heavy (non-hydrogen) atoms. The zero-order valence-corrected chi connectivity index (χ0v) is 13.4. The van der Waals surface area contributed by atoms with Crippen molar-refractivity contribution in [2.45, 2.75) is 45.1 Å². The van der Waals surface area contributed by atoms with Crippen LogP contribution in [0.5, 0.6) is 0 Å². The number of rotatable bonds is 3. The predicted molar refractivity (Wildman–Crippen MR) is 82.6 cm³/mol. The number of carboxylic acids is 1. The van der Waals surface area contributed by atoms with Gasteiger partial charge in [-0.05, 0) is 44.9 Å². The quantitative estimate of drug-likeness (QED) is 0.926. The lowest BCUT2D eigenvalue weighted by molar-refractivity contribution is 0.0130. The van der Waals surface area contributed by atoms with Crippen molar-refractivity contribution in [3.05, 3.63) is 23.2 Å². The summed E-state index contributed by atoms with van der Waals surface area (Å²) in [6.45, 7) is 3.90. The van der Waals surface area contributed by atoms with Gasteiger partial charge in [-0.25, -0.2) is 4.79 Å². The molecule has 0 radical (unpaired) electrons. The molecule has 1 aromatic rings. The molecule has 0 aliphatic carbocycles. The molecule has 1 unspecified atom stereocenters. The molecule has 126 valence electrons. The zero-order chi connectivity index (χ0) is 16.4. The fourth-order valence-corrected chi connectivity index (χ4v) is 3.75. The van der Waals surface area contributed by atoms with Crippen LogP contribution in [0.4, 0.5) is 0 Å². The molecule has 2 fully saturated rings. The number of piperidine rings is 1. The second-order valence-corrected chi connectivity index (χ2v) is 6.40. The SMILES string of the molecule is Cc1oc(C(=O)O)cc1C(=O)N1CCCCC1C1CCOCC1. The molecule has 0 saturated carbocycles. The van der Waals surface area contributed by atoms with E-state index in [1.807, 2.05) is 4.90 Å². The van der Waals surface area contributed by atoms with E-state index in [1.54, 1.807) is 6.92 Å². The number of likely N-dealkylation sites (tertiary alicyclic amines) is 1. The molecule has 1 atom stereocenters. The van der Waals surface area contributed by atoms with Crippen molar-refractivity contribution in [2.24, 2.45) is 5.92 Å². The Bertz CT molecular complexity index is 588. The van der Waals surface area contributed by atoms with E-state index in [9.17, 15) is 9.59 Å². The number of aromatic carboxylic acids is 1. The van der Waals surface area contributed by atoms with Crippen molar-refractivity contribution < 1.29 is 23.8 Å². The summed E-state index contributed by atoms with van der Waals surface area (Å²) in [5, 5.41) is 9.04. The molecule has 0 aromatic carbocycles. The molecule has 1 aromatic heterocycles. The lowest BCUT2D eigenvalue weighted by Gasteiger charge is -2.41. The van der Waals surface area contributed by atoms with Crippen molar-refractivity contribution in [2.75, 3.05) is 19.8 Å². The van der Waals surface area contributed by atoms with E-state index in [0.717, 1.165) is 51.9 Å². The molecule has 6 heteroatoms. The Kier molecular flexibility index (Phi) is 4.71. The van der Waals surface area contributed by atoms with Gasteiger partial charge in [0.2, 0.25) is 5.76 Å². The third-order valence-electron chi connectivity index (χ3n) is 4.98. The van der Waals surface area contributed by atoms with Crippen LogP contribution in [0.15, 0.2) is 10.5 Å². The zero-order valence-electron chi connectivity index (χ0n) is 13.4. The summed E-state index contributed by atoms with van der Waals surface area (Å²) < 4.78 is 10.6. The Morgan fingerprint density at radius 2 is 1.96 bits per heavy atom. The fraction of sp³-hybridized carbons (Fsp3) is 0.647. The first-order valence-electron chi connectivity index (χ1n) is 8.30. The molecule has 1 amide bonds. The Hall–Kier alpha value is -1.82. The summed E-state index contributed by atoms with van der Waals surface area (Å²) in [7, 11) is 0. The van der Waals surface area contributed by atoms with Crippen LogP contribution in [0.25, 0.3) is 0 Å². The molecule has 2 aliphatic rings. The number of carbonyl (C=O) groups excluding carboxylic acids is 1. The second kappa shape index (κ2) is 6.74. The van der Waals surface area contributed by atoms with Crippen molar-refractivity contribution in [3.63, 3.8) is 0 Å². The second-order valence-electron chi connectivity index (χ2n) is 6.40. The van der Waals surface area contributed by atoms with Crippen LogP contribution in [-0.2, 0) is 4.74 Å². The van der Waals surface area contributed by atoms with Crippen LogP contribution in [-0.4, -0.2) is 47.7 Å². The minimum atomic E-state index is -1.15. The van der Waals surface area contributed by atoms with Gasteiger partial charge in [0.25, 0.3) is 5.91 Å². The van der Waals surface area contributed by atoms with Gasteiger partial charge in [0, 0.05) is 31.9 Å². The number of aryl methyl sites for hydroxylation is 1. The normalized spacial score (nSPS) is 23.0. The summed E-state index contributed by atoms with van der Waals surface area (Å²) in [4.78, 5) is 25.9. The highest BCUT2D eigenvalue weighted by atomic mass is 16.5. The van der Waals surface area contributed by atoms with Crippen LogP contribution < -0.4 is 0 Å². The molecule has 2 aliphatic heterocycles. The third-order valence-corrected chi connectivity index (χ3v) is 4.98. The average Bonchev–Trinajstić information content (AvgIpc) is 2.97. The number of ether oxygens (including phenoxy) is 1. The maximum Gasteiger partial charge on any atom is 0.371 e. The van der Waals surface area contributed by atoms with Gasteiger partial charge in [0.1, 0.15) is 5.76 Å². The molecule has 0 spiro atoms. The number of hydrogen-bond acceptors (Lipinski definition) is 4. The van der Waals surface area contributed by atoms with Crippen molar-refractivity contribution in [3.8, 4) is 0 Å². The van der Waals surface area contributed by atoms with Crippen LogP contribution in [0.1, 0.15) is 58.8 Å². The van der Waals surface area contributed by atoms with Crippen molar-refractivity contribution in [1.29, 1.82) is 0 Å². The Balaban J connectivity index is 1.82. The number of nitrogens with zero attached hydrogens (tertiary/aromatic N) is 1. The van der Waals surface area contributed by atoms with Gasteiger partial charge >= 0.3 is 5.97 Å². The average molecular weight is 321 g/mol. The minimum absolute atomic E-state index is 0.102. The molecular weight excluding hydrogens is 298 g/mol. The number of carbonyl (C=O) groups is 2. The van der Waals surface area contributed by atoms with E-state index in [1.165, 1.54) is 6.07 Å².